The maximum atomic E-state index is 10.2. The van der Waals surface area contributed by atoms with Gasteiger partial charge in [0.2, 0.25) is 0 Å². The van der Waals surface area contributed by atoms with Crippen LogP contribution in [0.1, 0.15) is 25.0 Å². The molecule has 0 unspecified atom stereocenters. The first-order valence-corrected chi connectivity index (χ1v) is 9.34. The fraction of sp³-hybridized carbons (Fsp3) is 0.429. The third kappa shape index (κ3) is 3.61. The molecule has 1 nitrogen and oxygen atoms in total. The van der Waals surface area contributed by atoms with E-state index in [4.69, 9.17) is 0 Å². The summed E-state index contributed by atoms with van der Waals surface area (Å²) in [5.41, 5.74) is 1.01. The Bertz CT molecular complexity index is 349. The number of rotatable bonds is 4. The molecule has 0 saturated heterocycles. The number of hydrogen-bond donors (Lipinski definition) is 1. The summed E-state index contributed by atoms with van der Waals surface area (Å²) in [6.07, 6.45) is 2.59. The average Bonchev–Trinajstić information content (AvgIpc) is 2.25. The molecule has 0 radical (unpaired) electrons. The van der Waals surface area contributed by atoms with Crippen molar-refractivity contribution in [2.75, 3.05) is 0 Å². The molecule has 2 heteroatoms. The molecule has 0 aromatic heterocycles. The Labute approximate surface area is 99.8 Å². The Morgan fingerprint density at radius 1 is 1.25 bits per heavy atom. The van der Waals surface area contributed by atoms with Crippen molar-refractivity contribution in [3.63, 3.8) is 0 Å². The molecule has 88 valence electrons. The van der Waals surface area contributed by atoms with Crippen LogP contribution >= 0.6 is 0 Å². The molecule has 0 aliphatic heterocycles. The summed E-state index contributed by atoms with van der Waals surface area (Å²) in [5, 5.41) is 11.6. The van der Waals surface area contributed by atoms with Crippen LogP contribution in [-0.2, 0) is 0 Å². The van der Waals surface area contributed by atoms with Crippen LogP contribution in [-0.4, -0.2) is 13.2 Å². The first-order valence-electron chi connectivity index (χ1n) is 5.84. The molecule has 0 saturated carbocycles. The molecule has 1 aromatic rings. The van der Waals surface area contributed by atoms with E-state index in [-0.39, 0.29) is 6.10 Å². The van der Waals surface area contributed by atoms with Gasteiger partial charge in [-0.05, 0) is 18.9 Å². The Balaban J connectivity index is 2.75. The fourth-order valence-electron chi connectivity index (χ4n) is 1.86. The van der Waals surface area contributed by atoms with Gasteiger partial charge in [0.15, 0.2) is 0 Å². The third-order valence-electron chi connectivity index (χ3n) is 2.91. The van der Waals surface area contributed by atoms with Crippen molar-refractivity contribution in [3.05, 3.63) is 47.2 Å². The normalized spacial score (nSPS) is 14.9. The summed E-state index contributed by atoms with van der Waals surface area (Å²) >= 11 is 0. The van der Waals surface area contributed by atoms with E-state index < -0.39 is 8.07 Å². The summed E-state index contributed by atoms with van der Waals surface area (Å²) in [4.78, 5) is 0. The van der Waals surface area contributed by atoms with E-state index in [1.54, 1.807) is 0 Å². The van der Waals surface area contributed by atoms with Gasteiger partial charge in [0.1, 0.15) is 0 Å². The summed E-state index contributed by atoms with van der Waals surface area (Å²) in [5.74, 6) is 0. The fourth-order valence-corrected chi connectivity index (χ4v) is 3.53. The number of hydrogen-bond acceptors (Lipinski definition) is 1. The maximum absolute atomic E-state index is 10.2. The third-order valence-corrected chi connectivity index (χ3v) is 5.33. The van der Waals surface area contributed by atoms with Crippen molar-refractivity contribution >= 4 is 8.07 Å². The standard InChI is InChI=1S/C14H22OSi/c1-5-13(16(2,3)4)11-14(15)12-9-7-6-8-10-12/h5-10,14-15H,11H2,1-4H3/b13-5-/t14-/m0/s1. The van der Waals surface area contributed by atoms with E-state index in [9.17, 15) is 5.11 Å². The summed E-state index contributed by atoms with van der Waals surface area (Å²) in [7, 11) is -1.28. The molecule has 0 heterocycles. The van der Waals surface area contributed by atoms with E-state index >= 15 is 0 Å². The lowest BCUT2D eigenvalue weighted by Crippen LogP contribution is -2.25. The molecule has 1 aromatic carbocycles. The Morgan fingerprint density at radius 2 is 1.81 bits per heavy atom. The second-order valence-electron chi connectivity index (χ2n) is 5.19. The van der Waals surface area contributed by atoms with E-state index in [0.29, 0.717) is 0 Å². The van der Waals surface area contributed by atoms with Crippen LogP contribution in [0.5, 0.6) is 0 Å². The molecule has 0 amide bonds. The van der Waals surface area contributed by atoms with Gasteiger partial charge in [-0.1, -0.05) is 61.2 Å². The van der Waals surface area contributed by atoms with E-state index in [2.05, 4.69) is 32.6 Å². The summed E-state index contributed by atoms with van der Waals surface area (Å²) < 4.78 is 0. The van der Waals surface area contributed by atoms with Gasteiger partial charge in [-0.15, -0.1) is 0 Å². The SMILES string of the molecule is C/C=C(/C[C@H](O)c1ccccc1)[Si](C)(C)C. The van der Waals surface area contributed by atoms with Crippen molar-refractivity contribution in [2.24, 2.45) is 0 Å². The van der Waals surface area contributed by atoms with Crippen molar-refractivity contribution in [1.82, 2.24) is 0 Å². The first kappa shape index (κ1) is 13.2. The second-order valence-corrected chi connectivity index (χ2v) is 10.3. The molecular weight excluding hydrogens is 212 g/mol. The number of benzene rings is 1. The van der Waals surface area contributed by atoms with Gasteiger partial charge in [0.05, 0.1) is 14.2 Å². The minimum atomic E-state index is -1.28. The molecule has 1 rings (SSSR count). The van der Waals surface area contributed by atoms with Crippen LogP contribution in [0.15, 0.2) is 41.6 Å². The lowest BCUT2D eigenvalue weighted by Gasteiger charge is -2.23. The monoisotopic (exact) mass is 234 g/mol. The number of aliphatic hydroxyl groups is 1. The van der Waals surface area contributed by atoms with E-state index in [0.717, 1.165) is 12.0 Å². The van der Waals surface area contributed by atoms with Crippen molar-refractivity contribution in [3.8, 4) is 0 Å². The zero-order valence-corrected chi connectivity index (χ0v) is 11.7. The van der Waals surface area contributed by atoms with Crippen LogP contribution in [0.25, 0.3) is 0 Å². The van der Waals surface area contributed by atoms with Crippen molar-refractivity contribution < 1.29 is 5.11 Å². The predicted octanol–water partition coefficient (Wildman–Crippen LogP) is 3.93. The Kier molecular flexibility index (Phi) is 4.51. The van der Waals surface area contributed by atoms with Crippen LogP contribution in [0, 0.1) is 0 Å². The Morgan fingerprint density at radius 3 is 2.25 bits per heavy atom. The number of aliphatic hydroxyl groups excluding tert-OH is 1. The van der Waals surface area contributed by atoms with Gasteiger partial charge >= 0.3 is 0 Å². The van der Waals surface area contributed by atoms with Gasteiger partial charge in [0, 0.05) is 0 Å². The maximum Gasteiger partial charge on any atom is 0.0823 e. The molecule has 0 spiro atoms. The zero-order valence-electron chi connectivity index (χ0n) is 10.7. The lowest BCUT2D eigenvalue weighted by molar-refractivity contribution is 0.180. The highest BCUT2D eigenvalue weighted by Crippen LogP contribution is 2.26. The molecule has 0 aliphatic rings. The second kappa shape index (κ2) is 5.46. The lowest BCUT2D eigenvalue weighted by atomic mass is 10.1. The van der Waals surface area contributed by atoms with Crippen molar-refractivity contribution in [1.29, 1.82) is 0 Å². The average molecular weight is 234 g/mol. The summed E-state index contributed by atoms with van der Waals surface area (Å²) in [6, 6.07) is 9.90. The molecule has 0 bridgehead atoms. The van der Waals surface area contributed by atoms with Gasteiger partial charge in [-0.2, -0.15) is 0 Å². The quantitative estimate of drug-likeness (QED) is 0.783. The van der Waals surface area contributed by atoms with Crippen LogP contribution in [0.2, 0.25) is 19.6 Å². The topological polar surface area (TPSA) is 20.2 Å². The smallest absolute Gasteiger partial charge is 0.0823 e. The zero-order chi connectivity index (χ0) is 12.2. The van der Waals surface area contributed by atoms with Gasteiger partial charge < -0.3 is 5.11 Å². The highest BCUT2D eigenvalue weighted by atomic mass is 28.3. The number of allylic oxidation sites excluding steroid dienone is 1. The van der Waals surface area contributed by atoms with E-state index in [1.165, 1.54) is 5.20 Å². The highest BCUT2D eigenvalue weighted by Gasteiger charge is 2.21. The van der Waals surface area contributed by atoms with Gasteiger partial charge in [-0.25, -0.2) is 0 Å². The minimum absolute atomic E-state index is 0.362. The molecule has 0 fully saturated rings. The Hall–Kier alpha value is -0.863. The molecule has 1 atom stereocenters. The largest absolute Gasteiger partial charge is 0.388 e. The van der Waals surface area contributed by atoms with Gasteiger partial charge in [-0.3, -0.25) is 0 Å². The molecule has 0 aliphatic carbocycles. The summed E-state index contributed by atoms with van der Waals surface area (Å²) in [6.45, 7) is 9.03. The van der Waals surface area contributed by atoms with Crippen LogP contribution < -0.4 is 0 Å². The van der Waals surface area contributed by atoms with Crippen molar-refractivity contribution in [2.45, 2.75) is 39.1 Å². The van der Waals surface area contributed by atoms with Crippen LogP contribution in [0.3, 0.4) is 0 Å². The highest BCUT2D eigenvalue weighted by molar-refractivity contribution is 6.83. The molecular formula is C14H22OSi. The van der Waals surface area contributed by atoms with Gasteiger partial charge in [0.25, 0.3) is 0 Å². The van der Waals surface area contributed by atoms with E-state index in [1.807, 2.05) is 30.3 Å². The predicted molar refractivity (Wildman–Crippen MR) is 73.1 cm³/mol. The first-order chi connectivity index (χ1) is 7.45. The minimum Gasteiger partial charge on any atom is -0.388 e. The molecule has 16 heavy (non-hydrogen) atoms. The molecule has 1 N–H and O–H groups in total. The van der Waals surface area contributed by atoms with Crippen LogP contribution in [0.4, 0.5) is 0 Å².